The second kappa shape index (κ2) is 5.98. The van der Waals surface area contributed by atoms with Gasteiger partial charge in [-0.05, 0) is 72.9 Å². The molecule has 2 aromatic rings. The van der Waals surface area contributed by atoms with Crippen LogP contribution in [0, 0.1) is 0 Å². The first kappa shape index (κ1) is 14.3. The lowest BCUT2D eigenvalue weighted by atomic mass is 9.76. The van der Waals surface area contributed by atoms with Gasteiger partial charge in [-0.1, -0.05) is 29.8 Å². The standard InChI is InChI=1S/C18H19ClO2/c19-18-11-16(21)9-10-17(18)14-3-1-12(2-4-14)13-5-7-15(20)8-6-13/h5-12,14,20-21H,1-4H2. The van der Waals surface area contributed by atoms with E-state index in [4.69, 9.17) is 11.6 Å². The van der Waals surface area contributed by atoms with E-state index in [0.29, 0.717) is 22.6 Å². The largest absolute Gasteiger partial charge is 0.508 e. The Kier molecular flexibility index (Phi) is 4.07. The summed E-state index contributed by atoms with van der Waals surface area (Å²) in [6.45, 7) is 0. The highest BCUT2D eigenvalue weighted by Gasteiger charge is 2.24. The van der Waals surface area contributed by atoms with Crippen LogP contribution in [0.15, 0.2) is 42.5 Å². The van der Waals surface area contributed by atoms with Crippen molar-refractivity contribution in [1.29, 1.82) is 0 Å². The molecule has 0 radical (unpaired) electrons. The van der Waals surface area contributed by atoms with Gasteiger partial charge in [0.05, 0.1) is 0 Å². The van der Waals surface area contributed by atoms with Crippen molar-refractivity contribution in [2.45, 2.75) is 37.5 Å². The molecule has 0 bridgehead atoms. The number of benzene rings is 2. The van der Waals surface area contributed by atoms with E-state index >= 15 is 0 Å². The van der Waals surface area contributed by atoms with Gasteiger partial charge in [0.2, 0.25) is 0 Å². The molecule has 1 aliphatic rings. The first-order valence-corrected chi connectivity index (χ1v) is 7.78. The molecule has 110 valence electrons. The number of phenolic OH excluding ortho intramolecular Hbond substituents is 2. The van der Waals surface area contributed by atoms with Crippen LogP contribution in [-0.4, -0.2) is 10.2 Å². The Labute approximate surface area is 130 Å². The fourth-order valence-corrected chi connectivity index (χ4v) is 3.66. The maximum absolute atomic E-state index is 9.44. The van der Waals surface area contributed by atoms with Gasteiger partial charge in [0.15, 0.2) is 0 Å². The van der Waals surface area contributed by atoms with E-state index in [1.807, 2.05) is 18.2 Å². The third kappa shape index (κ3) is 3.16. The molecule has 1 aliphatic carbocycles. The Morgan fingerprint density at radius 2 is 1.33 bits per heavy atom. The Morgan fingerprint density at radius 3 is 1.95 bits per heavy atom. The van der Waals surface area contributed by atoms with Crippen LogP contribution < -0.4 is 0 Å². The molecule has 3 heteroatoms. The van der Waals surface area contributed by atoms with Crippen LogP contribution >= 0.6 is 11.6 Å². The van der Waals surface area contributed by atoms with Crippen LogP contribution in [-0.2, 0) is 0 Å². The van der Waals surface area contributed by atoms with Gasteiger partial charge in [-0.15, -0.1) is 0 Å². The number of halogens is 1. The summed E-state index contributed by atoms with van der Waals surface area (Å²) in [5.41, 5.74) is 2.46. The molecule has 2 N–H and O–H groups in total. The molecule has 21 heavy (non-hydrogen) atoms. The minimum atomic E-state index is 0.224. The number of phenols is 2. The molecule has 1 saturated carbocycles. The average Bonchev–Trinajstić information content (AvgIpc) is 2.48. The second-order valence-electron chi connectivity index (χ2n) is 5.85. The molecule has 0 unspecified atom stereocenters. The lowest BCUT2D eigenvalue weighted by molar-refractivity contribution is 0.395. The summed E-state index contributed by atoms with van der Waals surface area (Å²) in [4.78, 5) is 0. The van der Waals surface area contributed by atoms with Gasteiger partial charge in [-0.25, -0.2) is 0 Å². The second-order valence-corrected chi connectivity index (χ2v) is 6.25. The zero-order valence-corrected chi connectivity index (χ0v) is 12.6. The maximum Gasteiger partial charge on any atom is 0.117 e. The summed E-state index contributed by atoms with van der Waals surface area (Å²) >= 11 is 6.25. The Morgan fingerprint density at radius 1 is 0.762 bits per heavy atom. The van der Waals surface area contributed by atoms with Crippen LogP contribution in [0.25, 0.3) is 0 Å². The molecule has 0 spiro atoms. The first-order valence-electron chi connectivity index (χ1n) is 7.41. The number of aromatic hydroxyl groups is 2. The van der Waals surface area contributed by atoms with Crippen molar-refractivity contribution in [2.75, 3.05) is 0 Å². The van der Waals surface area contributed by atoms with Gasteiger partial charge in [0.1, 0.15) is 11.5 Å². The molecule has 0 aromatic heterocycles. The van der Waals surface area contributed by atoms with Crippen LogP contribution in [0.4, 0.5) is 0 Å². The van der Waals surface area contributed by atoms with Crippen molar-refractivity contribution in [3.05, 3.63) is 58.6 Å². The van der Waals surface area contributed by atoms with Gasteiger partial charge in [0.25, 0.3) is 0 Å². The molecule has 0 heterocycles. The fourth-order valence-electron chi connectivity index (χ4n) is 3.33. The molecule has 0 atom stereocenters. The van der Waals surface area contributed by atoms with Gasteiger partial charge < -0.3 is 10.2 Å². The lowest BCUT2D eigenvalue weighted by Crippen LogP contribution is -2.12. The topological polar surface area (TPSA) is 40.5 Å². The minimum Gasteiger partial charge on any atom is -0.508 e. The first-order chi connectivity index (χ1) is 10.1. The number of hydrogen-bond donors (Lipinski definition) is 2. The van der Waals surface area contributed by atoms with E-state index in [0.717, 1.165) is 31.2 Å². The summed E-state index contributed by atoms with van der Waals surface area (Å²) in [6.07, 6.45) is 4.48. The molecule has 1 fully saturated rings. The van der Waals surface area contributed by atoms with Crippen LogP contribution in [0.3, 0.4) is 0 Å². The molecular weight excluding hydrogens is 284 g/mol. The predicted octanol–water partition coefficient (Wildman–Crippen LogP) is 5.19. The van der Waals surface area contributed by atoms with Crippen LogP contribution in [0.1, 0.15) is 48.6 Å². The average molecular weight is 303 g/mol. The van der Waals surface area contributed by atoms with E-state index < -0.39 is 0 Å². The summed E-state index contributed by atoms with van der Waals surface area (Å²) < 4.78 is 0. The third-order valence-corrected chi connectivity index (χ3v) is 4.84. The molecule has 0 amide bonds. The third-order valence-electron chi connectivity index (χ3n) is 4.52. The van der Waals surface area contributed by atoms with Crippen molar-refractivity contribution >= 4 is 11.6 Å². The molecule has 0 aliphatic heterocycles. The van der Waals surface area contributed by atoms with Crippen molar-refractivity contribution in [2.24, 2.45) is 0 Å². The van der Waals surface area contributed by atoms with Crippen molar-refractivity contribution in [3.8, 4) is 11.5 Å². The zero-order valence-electron chi connectivity index (χ0n) is 11.8. The highest BCUT2D eigenvalue weighted by molar-refractivity contribution is 6.31. The van der Waals surface area contributed by atoms with E-state index in [-0.39, 0.29) is 5.75 Å². The van der Waals surface area contributed by atoms with E-state index in [9.17, 15) is 10.2 Å². The zero-order chi connectivity index (χ0) is 14.8. The van der Waals surface area contributed by atoms with Crippen molar-refractivity contribution in [3.63, 3.8) is 0 Å². The number of rotatable bonds is 2. The van der Waals surface area contributed by atoms with E-state index in [2.05, 4.69) is 0 Å². The van der Waals surface area contributed by atoms with Gasteiger partial charge in [-0.3, -0.25) is 0 Å². The summed E-state index contributed by atoms with van der Waals surface area (Å²) in [6, 6.07) is 12.9. The van der Waals surface area contributed by atoms with E-state index in [1.54, 1.807) is 24.3 Å². The smallest absolute Gasteiger partial charge is 0.117 e. The lowest BCUT2D eigenvalue weighted by Gasteiger charge is -2.29. The van der Waals surface area contributed by atoms with Gasteiger partial charge in [0, 0.05) is 5.02 Å². The SMILES string of the molecule is Oc1ccc(C2CCC(c3ccc(O)cc3Cl)CC2)cc1. The quantitative estimate of drug-likeness (QED) is 0.801. The monoisotopic (exact) mass is 302 g/mol. The minimum absolute atomic E-state index is 0.224. The molecule has 2 aromatic carbocycles. The maximum atomic E-state index is 9.44. The molecule has 2 nitrogen and oxygen atoms in total. The molecule has 0 saturated heterocycles. The van der Waals surface area contributed by atoms with Gasteiger partial charge in [-0.2, -0.15) is 0 Å². The van der Waals surface area contributed by atoms with Crippen LogP contribution in [0.5, 0.6) is 11.5 Å². The Balaban J connectivity index is 1.68. The summed E-state index contributed by atoms with van der Waals surface area (Å²) in [5, 5.41) is 19.5. The molecular formula is C18H19ClO2. The Hall–Kier alpha value is -1.67. The molecule has 3 rings (SSSR count). The summed E-state index contributed by atoms with van der Waals surface area (Å²) in [7, 11) is 0. The summed E-state index contributed by atoms with van der Waals surface area (Å²) in [5.74, 6) is 1.59. The highest BCUT2D eigenvalue weighted by atomic mass is 35.5. The van der Waals surface area contributed by atoms with E-state index in [1.165, 1.54) is 5.56 Å². The highest BCUT2D eigenvalue weighted by Crippen LogP contribution is 2.42. The normalized spacial score (nSPS) is 22.1. The van der Waals surface area contributed by atoms with Gasteiger partial charge >= 0.3 is 0 Å². The predicted molar refractivity (Wildman–Crippen MR) is 85.2 cm³/mol. The van der Waals surface area contributed by atoms with Crippen LogP contribution in [0.2, 0.25) is 5.02 Å². The number of hydrogen-bond acceptors (Lipinski definition) is 2. The van der Waals surface area contributed by atoms with Crippen molar-refractivity contribution < 1.29 is 10.2 Å². The Bertz CT molecular complexity index is 614. The van der Waals surface area contributed by atoms with Crippen molar-refractivity contribution in [1.82, 2.24) is 0 Å². The fraction of sp³-hybridized carbons (Fsp3) is 0.333.